The molecule has 2 rings (SSSR count). The van der Waals surface area contributed by atoms with Gasteiger partial charge in [-0.1, -0.05) is 5.92 Å². The summed E-state index contributed by atoms with van der Waals surface area (Å²) in [4.78, 5) is 20.2. The molecule has 5 nitrogen and oxygen atoms in total. The van der Waals surface area contributed by atoms with Crippen LogP contribution in [0.1, 0.15) is 11.3 Å². The topological polar surface area (TPSA) is 80.9 Å². The van der Waals surface area contributed by atoms with Crippen molar-refractivity contribution in [2.45, 2.75) is -0.565 Å². The average molecular weight is 709 g/mol. The molecule has 0 spiro atoms. The summed E-state index contributed by atoms with van der Waals surface area (Å²) in [7, 11) is 0. The predicted molar refractivity (Wildman–Crippen MR) is 120 cm³/mol. The monoisotopic (exact) mass is 708 g/mol. The lowest BCUT2D eigenvalue weighted by Gasteiger charge is -2.11. The molecule has 1 amide bonds. The molecule has 0 saturated heterocycles. The van der Waals surface area contributed by atoms with Crippen molar-refractivity contribution in [2.75, 3.05) is 11.1 Å². The molecule has 0 aliphatic rings. The summed E-state index contributed by atoms with van der Waals surface area (Å²) in [5.41, 5.74) is 7.57. The molecule has 0 aromatic carbocycles. The van der Waals surface area contributed by atoms with Crippen molar-refractivity contribution < 1.29 is 4.79 Å². The summed E-state index contributed by atoms with van der Waals surface area (Å²) < 4.78 is 0.223. The van der Waals surface area contributed by atoms with Crippen molar-refractivity contribution in [3.63, 3.8) is 0 Å². The van der Waals surface area contributed by atoms with Crippen molar-refractivity contribution in [2.24, 2.45) is 0 Å². The van der Waals surface area contributed by atoms with E-state index in [4.69, 9.17) is 5.73 Å². The van der Waals surface area contributed by atoms with E-state index in [1.54, 1.807) is 30.6 Å². The van der Waals surface area contributed by atoms with Crippen LogP contribution in [0.25, 0.3) is 0 Å². The molecule has 23 heavy (non-hydrogen) atoms. The summed E-state index contributed by atoms with van der Waals surface area (Å²) in [5.74, 6) is 6.19. The van der Waals surface area contributed by atoms with Crippen LogP contribution in [-0.2, 0) is 4.79 Å². The van der Waals surface area contributed by atoms with Gasteiger partial charge < -0.3 is 11.1 Å². The van der Waals surface area contributed by atoms with Crippen molar-refractivity contribution in [1.82, 2.24) is 9.97 Å². The number of pyridine rings is 2. The first kappa shape index (κ1) is 19.1. The summed E-state index contributed by atoms with van der Waals surface area (Å²) in [6.07, 6.45) is 3.23. The van der Waals surface area contributed by atoms with Crippen LogP contribution in [0.5, 0.6) is 0 Å². The third kappa shape index (κ3) is 5.98. The van der Waals surface area contributed by atoms with E-state index in [9.17, 15) is 4.79 Å². The van der Waals surface area contributed by atoms with Gasteiger partial charge >= 0.3 is 0 Å². The molecule has 0 radical (unpaired) electrons. The first-order valence-electron chi connectivity index (χ1n) is 6.03. The van der Waals surface area contributed by atoms with E-state index in [1.807, 2.05) is 67.8 Å². The molecular formula is C14H8BrI3N4O. The molecule has 0 atom stereocenters. The van der Waals surface area contributed by atoms with Crippen LogP contribution in [-0.4, -0.2) is 15.3 Å². The number of carbonyl (C=O) groups is 1. The Labute approximate surface area is 182 Å². The third-order valence-corrected chi connectivity index (χ3v) is 4.37. The van der Waals surface area contributed by atoms with Gasteiger partial charge in [0.25, 0.3) is 5.91 Å². The highest BCUT2D eigenvalue weighted by atomic mass is 127. The second-order valence-electron chi connectivity index (χ2n) is 4.22. The van der Waals surface area contributed by atoms with Gasteiger partial charge in [-0.25, -0.2) is 9.97 Å². The molecule has 2 aromatic heterocycles. The standard InChI is InChI=1S/C14H8BrI3N4O/c15-9-6-10(19)11(21-7-9)2-1-8-3-4-20-12(5-8)22-13(23)14(16,17)18/h3-7H,19H2,(H,20,22,23). The van der Waals surface area contributed by atoms with Crippen molar-refractivity contribution in [3.8, 4) is 11.8 Å². The Morgan fingerprint density at radius 3 is 2.65 bits per heavy atom. The largest absolute Gasteiger partial charge is 0.396 e. The lowest BCUT2D eigenvalue weighted by molar-refractivity contribution is -0.114. The lowest BCUT2D eigenvalue weighted by atomic mass is 10.2. The molecule has 0 aliphatic carbocycles. The van der Waals surface area contributed by atoms with Crippen LogP contribution in [0, 0.1) is 11.8 Å². The van der Waals surface area contributed by atoms with Gasteiger partial charge in [0.15, 0.2) is 0 Å². The van der Waals surface area contributed by atoms with Gasteiger partial charge in [0.05, 0.1) is 5.69 Å². The Kier molecular flexibility index (Phi) is 6.87. The number of hydrogen-bond donors (Lipinski definition) is 2. The number of anilines is 2. The molecule has 9 heteroatoms. The maximum Gasteiger partial charge on any atom is 0.261 e. The van der Waals surface area contributed by atoms with Gasteiger partial charge in [0.2, 0.25) is -0.565 Å². The van der Waals surface area contributed by atoms with Crippen molar-refractivity contribution >= 4 is 101 Å². The molecular weight excluding hydrogens is 701 g/mol. The van der Waals surface area contributed by atoms with E-state index in [0.29, 0.717) is 22.8 Å². The molecule has 3 N–H and O–H groups in total. The predicted octanol–water partition coefficient (Wildman–Crippen LogP) is 4.12. The maximum atomic E-state index is 12.0. The number of nitrogen functional groups attached to an aromatic ring is 1. The molecule has 0 aliphatic heterocycles. The Hall–Kier alpha value is -0.200. The van der Waals surface area contributed by atoms with Gasteiger partial charge in [-0.05, 0) is 108 Å². The highest BCUT2D eigenvalue weighted by Gasteiger charge is 2.28. The first-order valence-corrected chi connectivity index (χ1v) is 10.1. The van der Waals surface area contributed by atoms with Crippen LogP contribution in [0.3, 0.4) is 0 Å². The Morgan fingerprint density at radius 2 is 2.00 bits per heavy atom. The number of aromatic nitrogens is 2. The quantitative estimate of drug-likeness (QED) is 0.280. The van der Waals surface area contributed by atoms with E-state index in [0.717, 1.165) is 4.47 Å². The van der Waals surface area contributed by atoms with Crippen LogP contribution in [0.15, 0.2) is 35.1 Å². The van der Waals surface area contributed by atoms with Gasteiger partial charge in [0, 0.05) is 22.4 Å². The number of nitrogens with one attached hydrogen (secondary N) is 1. The summed E-state index contributed by atoms with van der Waals surface area (Å²) >= 11 is 9.44. The van der Waals surface area contributed by atoms with Crippen LogP contribution >= 0.6 is 83.7 Å². The zero-order valence-corrected chi connectivity index (χ0v) is 19.3. The Balaban J connectivity index is 2.21. The zero-order valence-electron chi connectivity index (χ0n) is 11.3. The minimum Gasteiger partial charge on any atom is -0.396 e. The van der Waals surface area contributed by atoms with Gasteiger partial charge in [-0.3, -0.25) is 4.79 Å². The molecule has 2 aromatic rings. The van der Waals surface area contributed by atoms with E-state index < -0.39 is -0.565 Å². The van der Waals surface area contributed by atoms with E-state index >= 15 is 0 Å². The SMILES string of the molecule is Nc1cc(Br)cnc1C#Cc1ccnc(NC(=O)C(I)(I)I)c1. The molecule has 0 saturated carbocycles. The lowest BCUT2D eigenvalue weighted by Crippen LogP contribution is -2.25. The molecule has 118 valence electrons. The van der Waals surface area contributed by atoms with Crippen LogP contribution in [0.4, 0.5) is 11.5 Å². The molecule has 2 heterocycles. The highest BCUT2D eigenvalue weighted by Crippen LogP contribution is 2.36. The first-order chi connectivity index (χ1) is 10.8. The Morgan fingerprint density at radius 1 is 1.26 bits per heavy atom. The van der Waals surface area contributed by atoms with Crippen LogP contribution in [0.2, 0.25) is 0 Å². The highest BCUT2D eigenvalue weighted by molar-refractivity contribution is 14.3. The number of nitrogens with two attached hydrogens (primary N) is 1. The third-order valence-electron chi connectivity index (χ3n) is 2.47. The summed E-state index contributed by atoms with van der Waals surface area (Å²) in [5, 5.41) is 2.75. The number of amides is 1. The maximum absolute atomic E-state index is 12.0. The molecule has 0 unspecified atom stereocenters. The second kappa shape index (κ2) is 8.26. The fourth-order valence-corrected chi connectivity index (χ4v) is 2.21. The number of carbonyl (C=O) groups excluding carboxylic acids is 1. The molecule has 0 bridgehead atoms. The second-order valence-corrected chi connectivity index (χ2v) is 16.2. The zero-order chi connectivity index (χ0) is 17.0. The molecule has 0 fully saturated rings. The normalized spacial score (nSPS) is 10.6. The number of rotatable bonds is 2. The Bertz CT molecular complexity index is 812. The average Bonchev–Trinajstić information content (AvgIpc) is 2.46. The van der Waals surface area contributed by atoms with Gasteiger partial charge in [-0.2, -0.15) is 0 Å². The fourth-order valence-electron chi connectivity index (χ4n) is 1.45. The number of alkyl halides is 3. The number of halogens is 4. The van der Waals surface area contributed by atoms with Gasteiger partial charge in [-0.15, -0.1) is 0 Å². The van der Waals surface area contributed by atoms with E-state index in [2.05, 4.69) is 43.1 Å². The fraction of sp³-hybridized carbons (Fsp3) is 0.0714. The number of nitrogens with zero attached hydrogens (tertiary/aromatic N) is 2. The van der Waals surface area contributed by atoms with Crippen molar-refractivity contribution in [3.05, 3.63) is 46.3 Å². The smallest absolute Gasteiger partial charge is 0.261 e. The van der Waals surface area contributed by atoms with Gasteiger partial charge in [0.1, 0.15) is 11.5 Å². The van der Waals surface area contributed by atoms with Crippen LogP contribution < -0.4 is 11.1 Å². The minimum absolute atomic E-state index is 0.143. The summed E-state index contributed by atoms with van der Waals surface area (Å²) in [6, 6.07) is 5.20. The van der Waals surface area contributed by atoms with E-state index in [1.165, 1.54) is 0 Å². The van der Waals surface area contributed by atoms with E-state index in [-0.39, 0.29) is 5.91 Å². The minimum atomic E-state index is -0.577. The number of hydrogen-bond acceptors (Lipinski definition) is 4. The van der Waals surface area contributed by atoms with Crippen molar-refractivity contribution in [1.29, 1.82) is 0 Å². The summed E-state index contributed by atoms with van der Waals surface area (Å²) in [6.45, 7) is 0.